The molecule has 8 heteroatoms. The summed E-state index contributed by atoms with van der Waals surface area (Å²) in [5.74, 6) is -0.564. The molecule has 0 bridgehead atoms. The molecule has 1 aliphatic rings. The summed E-state index contributed by atoms with van der Waals surface area (Å²) in [6.45, 7) is -0.115. The second-order valence-corrected chi connectivity index (χ2v) is 7.20. The number of carboxylic acid groups (broad SMARTS) is 1. The molecule has 1 aliphatic heterocycles. The summed E-state index contributed by atoms with van der Waals surface area (Å²) in [6, 6.07) is 22.3. The third kappa shape index (κ3) is 4.49. The number of methoxy groups -OCH3 is 1. The molecule has 1 N–H and O–H groups in total. The van der Waals surface area contributed by atoms with Gasteiger partial charge in [-0.3, -0.25) is 4.79 Å². The van der Waals surface area contributed by atoms with Crippen LogP contribution in [0.5, 0.6) is 11.5 Å². The molecule has 0 spiro atoms. The summed E-state index contributed by atoms with van der Waals surface area (Å²) in [5.41, 5.74) is 2.84. The molecule has 1 amide bonds. The molecule has 0 fully saturated rings. The van der Waals surface area contributed by atoms with Gasteiger partial charge in [-0.2, -0.15) is 15.4 Å². The summed E-state index contributed by atoms with van der Waals surface area (Å²) in [4.78, 5) is 24.6. The fourth-order valence-corrected chi connectivity index (χ4v) is 3.44. The van der Waals surface area contributed by atoms with Crippen molar-refractivity contribution in [1.82, 2.24) is 0 Å². The van der Waals surface area contributed by atoms with Crippen molar-refractivity contribution in [1.29, 1.82) is 5.26 Å². The van der Waals surface area contributed by atoms with Crippen molar-refractivity contribution in [2.75, 3.05) is 18.7 Å². The average Bonchev–Trinajstić information content (AvgIpc) is 3.19. The smallest absolute Gasteiger partial charge is 0.335 e. The van der Waals surface area contributed by atoms with E-state index in [4.69, 9.17) is 19.8 Å². The lowest BCUT2D eigenvalue weighted by molar-refractivity contribution is -0.114. The number of benzene rings is 3. The van der Waals surface area contributed by atoms with Crippen molar-refractivity contribution in [2.45, 2.75) is 0 Å². The Bertz CT molecular complexity index is 1340. The molecule has 1 heterocycles. The molecule has 3 aromatic carbocycles. The van der Waals surface area contributed by atoms with Crippen LogP contribution in [0.3, 0.4) is 0 Å². The molecule has 3 aromatic rings. The van der Waals surface area contributed by atoms with Crippen molar-refractivity contribution >= 4 is 29.4 Å². The summed E-state index contributed by atoms with van der Waals surface area (Å²) in [5, 5.41) is 23.7. The van der Waals surface area contributed by atoms with E-state index in [2.05, 4.69) is 5.10 Å². The molecule has 0 atom stereocenters. The zero-order chi connectivity index (χ0) is 24.1. The minimum absolute atomic E-state index is 0.115. The molecule has 0 unspecified atom stereocenters. The maximum absolute atomic E-state index is 13.4. The van der Waals surface area contributed by atoms with Crippen LogP contribution in [0.25, 0.3) is 6.08 Å². The Morgan fingerprint density at radius 1 is 1.09 bits per heavy atom. The number of rotatable bonds is 7. The van der Waals surface area contributed by atoms with Gasteiger partial charge in [-0.25, -0.2) is 4.79 Å². The number of aromatic carboxylic acids is 1. The maximum Gasteiger partial charge on any atom is 0.335 e. The fourth-order valence-electron chi connectivity index (χ4n) is 3.44. The Morgan fingerprint density at radius 3 is 2.47 bits per heavy atom. The second-order valence-electron chi connectivity index (χ2n) is 7.20. The van der Waals surface area contributed by atoms with Gasteiger partial charge >= 0.3 is 5.97 Å². The first-order valence-corrected chi connectivity index (χ1v) is 10.2. The molecule has 4 rings (SSSR count). The van der Waals surface area contributed by atoms with Gasteiger partial charge in [-0.05, 0) is 48.0 Å². The molecule has 8 nitrogen and oxygen atoms in total. The van der Waals surface area contributed by atoms with E-state index in [0.717, 1.165) is 5.56 Å². The van der Waals surface area contributed by atoms with Crippen molar-refractivity contribution in [3.8, 4) is 17.6 Å². The zero-order valence-corrected chi connectivity index (χ0v) is 18.1. The number of amides is 1. The molecule has 168 valence electrons. The predicted molar refractivity (Wildman–Crippen MR) is 126 cm³/mol. The highest BCUT2D eigenvalue weighted by atomic mass is 16.5. The molecule has 0 aliphatic carbocycles. The van der Waals surface area contributed by atoms with Crippen LogP contribution in [0, 0.1) is 11.3 Å². The van der Waals surface area contributed by atoms with Crippen LogP contribution in [0.1, 0.15) is 21.5 Å². The summed E-state index contributed by atoms with van der Waals surface area (Å²) < 4.78 is 10.7. The number of carboxylic acids is 1. The number of anilines is 1. The van der Waals surface area contributed by atoms with Gasteiger partial charge in [-0.15, -0.1) is 0 Å². The Hall–Kier alpha value is -4.90. The van der Waals surface area contributed by atoms with E-state index < -0.39 is 5.97 Å². The van der Waals surface area contributed by atoms with Crippen molar-refractivity contribution in [3.05, 3.63) is 95.1 Å². The minimum atomic E-state index is -1.05. The fraction of sp³-hybridized carbons (Fsp3) is 0.0769. The molecule has 0 aromatic heterocycles. The highest BCUT2D eigenvalue weighted by molar-refractivity contribution is 6.37. The average molecular weight is 453 g/mol. The number of nitrogens with zero attached hydrogens (tertiary/aromatic N) is 3. The first-order chi connectivity index (χ1) is 16.5. The molecule has 0 radical (unpaired) electrons. The molecular weight excluding hydrogens is 434 g/mol. The van der Waals surface area contributed by atoms with E-state index in [-0.39, 0.29) is 18.1 Å². The van der Waals surface area contributed by atoms with Crippen LogP contribution in [-0.4, -0.2) is 36.4 Å². The lowest BCUT2D eigenvalue weighted by atomic mass is 10.00. The standard InChI is InChI=1S/C26H19N3O5/c1-33-23-16-17(7-12-22(23)34-14-13-27)15-21-24(18-5-3-2-4-6-18)28-29(25(21)30)20-10-8-19(9-11-20)26(31)32/h2-12,15-16H,14H2,1H3,(H,31,32)/b21-15-. The van der Waals surface area contributed by atoms with Gasteiger partial charge in [0.2, 0.25) is 0 Å². The molecule has 34 heavy (non-hydrogen) atoms. The number of hydrogen-bond acceptors (Lipinski definition) is 6. The van der Waals surface area contributed by atoms with Gasteiger partial charge < -0.3 is 14.6 Å². The van der Waals surface area contributed by atoms with E-state index in [1.807, 2.05) is 36.4 Å². The van der Waals surface area contributed by atoms with E-state index in [0.29, 0.717) is 34.0 Å². The van der Waals surface area contributed by atoms with Crippen LogP contribution >= 0.6 is 0 Å². The molecule has 0 saturated heterocycles. The minimum Gasteiger partial charge on any atom is -0.493 e. The largest absolute Gasteiger partial charge is 0.493 e. The quantitative estimate of drug-likeness (QED) is 0.539. The summed E-state index contributed by atoms with van der Waals surface area (Å²) in [7, 11) is 1.49. The van der Waals surface area contributed by atoms with Gasteiger partial charge in [0, 0.05) is 5.56 Å². The van der Waals surface area contributed by atoms with Crippen molar-refractivity contribution in [2.24, 2.45) is 5.10 Å². The number of hydrazone groups is 1. The van der Waals surface area contributed by atoms with Gasteiger partial charge in [0.05, 0.1) is 23.9 Å². The number of hydrogen-bond donors (Lipinski definition) is 1. The topological polar surface area (TPSA) is 112 Å². The zero-order valence-electron chi connectivity index (χ0n) is 18.1. The lowest BCUT2D eigenvalue weighted by Crippen LogP contribution is -2.21. The van der Waals surface area contributed by atoms with E-state index in [1.54, 1.807) is 36.4 Å². The SMILES string of the molecule is COc1cc(/C=C2\C(=O)N(c3ccc(C(=O)O)cc3)N=C2c2ccccc2)ccc1OCC#N. The Morgan fingerprint density at radius 2 is 1.82 bits per heavy atom. The predicted octanol–water partition coefficient (Wildman–Crippen LogP) is 4.13. The maximum atomic E-state index is 13.4. The normalized spacial score (nSPS) is 14.0. The first kappa shape index (κ1) is 22.3. The number of carbonyl (C=O) groups excluding carboxylic acids is 1. The third-order valence-corrected chi connectivity index (χ3v) is 5.07. The third-order valence-electron chi connectivity index (χ3n) is 5.07. The van der Waals surface area contributed by atoms with E-state index in [9.17, 15) is 9.59 Å². The van der Waals surface area contributed by atoms with Crippen LogP contribution in [0.4, 0.5) is 5.69 Å². The van der Waals surface area contributed by atoms with E-state index in [1.165, 1.54) is 24.3 Å². The monoisotopic (exact) mass is 453 g/mol. The van der Waals surface area contributed by atoms with E-state index >= 15 is 0 Å². The molecule has 0 saturated carbocycles. The Kier molecular flexibility index (Phi) is 6.37. The Labute approximate surface area is 195 Å². The summed E-state index contributed by atoms with van der Waals surface area (Å²) >= 11 is 0. The van der Waals surface area contributed by atoms with Gasteiger partial charge in [0.15, 0.2) is 18.1 Å². The van der Waals surface area contributed by atoms with Crippen LogP contribution in [0.2, 0.25) is 0 Å². The highest BCUT2D eigenvalue weighted by Crippen LogP contribution is 2.32. The lowest BCUT2D eigenvalue weighted by Gasteiger charge is -2.12. The van der Waals surface area contributed by atoms with Crippen molar-refractivity contribution < 1.29 is 24.2 Å². The Balaban J connectivity index is 1.75. The van der Waals surface area contributed by atoms with Crippen LogP contribution in [0.15, 0.2) is 83.5 Å². The molecular formula is C26H19N3O5. The van der Waals surface area contributed by atoms with Crippen LogP contribution < -0.4 is 14.5 Å². The number of carbonyl (C=O) groups is 2. The van der Waals surface area contributed by atoms with Gasteiger partial charge in [0.25, 0.3) is 5.91 Å². The first-order valence-electron chi connectivity index (χ1n) is 10.2. The highest BCUT2D eigenvalue weighted by Gasteiger charge is 2.32. The number of ether oxygens (including phenoxy) is 2. The van der Waals surface area contributed by atoms with Crippen LogP contribution in [-0.2, 0) is 4.79 Å². The number of nitriles is 1. The second kappa shape index (κ2) is 9.71. The summed E-state index contributed by atoms with van der Waals surface area (Å²) in [6.07, 6.45) is 1.70. The van der Waals surface area contributed by atoms with Crippen molar-refractivity contribution in [3.63, 3.8) is 0 Å². The van der Waals surface area contributed by atoms with Gasteiger partial charge in [0.1, 0.15) is 11.8 Å². The van der Waals surface area contributed by atoms with Gasteiger partial charge in [-0.1, -0.05) is 36.4 Å².